The van der Waals surface area contributed by atoms with Gasteiger partial charge < -0.3 is 5.73 Å². The van der Waals surface area contributed by atoms with E-state index in [0.717, 1.165) is 0 Å². The monoisotopic (exact) mass is 127 g/mol. The zero-order valence-electron chi connectivity index (χ0n) is 6.48. The molecule has 9 heavy (non-hydrogen) atoms. The average molecular weight is 127 g/mol. The SMILES string of the molecule is CC(C)C1(N)CCCC1. The molecule has 0 atom stereocenters. The predicted octanol–water partition coefficient (Wildman–Crippen LogP) is 1.91. The number of hydrogen-bond donors (Lipinski definition) is 1. The summed E-state index contributed by atoms with van der Waals surface area (Å²) in [4.78, 5) is 0. The Hall–Kier alpha value is -0.0400. The van der Waals surface area contributed by atoms with Crippen LogP contribution in [0.15, 0.2) is 0 Å². The van der Waals surface area contributed by atoms with Gasteiger partial charge in [-0.2, -0.15) is 0 Å². The highest BCUT2D eigenvalue weighted by Crippen LogP contribution is 2.32. The minimum Gasteiger partial charge on any atom is -0.325 e. The van der Waals surface area contributed by atoms with Crippen molar-refractivity contribution in [2.75, 3.05) is 0 Å². The maximum Gasteiger partial charge on any atom is 0.0177 e. The van der Waals surface area contributed by atoms with Crippen molar-refractivity contribution in [2.24, 2.45) is 11.7 Å². The molecule has 2 N–H and O–H groups in total. The molecule has 0 saturated heterocycles. The molecule has 0 aliphatic heterocycles. The van der Waals surface area contributed by atoms with E-state index in [-0.39, 0.29) is 5.54 Å². The van der Waals surface area contributed by atoms with Crippen molar-refractivity contribution >= 4 is 0 Å². The van der Waals surface area contributed by atoms with E-state index >= 15 is 0 Å². The Kier molecular flexibility index (Phi) is 1.80. The molecular weight excluding hydrogens is 110 g/mol. The van der Waals surface area contributed by atoms with E-state index in [2.05, 4.69) is 13.8 Å². The Bertz CT molecular complexity index is 90.7. The van der Waals surface area contributed by atoms with Crippen LogP contribution >= 0.6 is 0 Å². The Morgan fingerprint density at radius 2 is 1.67 bits per heavy atom. The van der Waals surface area contributed by atoms with Crippen LogP contribution in [0.4, 0.5) is 0 Å². The van der Waals surface area contributed by atoms with Gasteiger partial charge in [0.15, 0.2) is 0 Å². The van der Waals surface area contributed by atoms with E-state index in [4.69, 9.17) is 5.73 Å². The average Bonchev–Trinajstić information content (AvgIpc) is 2.16. The van der Waals surface area contributed by atoms with Gasteiger partial charge in [0.05, 0.1) is 0 Å². The van der Waals surface area contributed by atoms with Crippen LogP contribution in [0.3, 0.4) is 0 Å². The molecule has 0 bridgehead atoms. The van der Waals surface area contributed by atoms with E-state index in [0.29, 0.717) is 5.92 Å². The molecule has 1 rings (SSSR count). The first-order chi connectivity index (χ1) is 4.15. The van der Waals surface area contributed by atoms with E-state index in [1.165, 1.54) is 25.7 Å². The Morgan fingerprint density at radius 3 is 1.89 bits per heavy atom. The van der Waals surface area contributed by atoms with Gasteiger partial charge in [-0.3, -0.25) is 0 Å². The van der Waals surface area contributed by atoms with Crippen molar-refractivity contribution in [3.05, 3.63) is 0 Å². The smallest absolute Gasteiger partial charge is 0.0177 e. The van der Waals surface area contributed by atoms with Crippen molar-refractivity contribution in [2.45, 2.75) is 45.1 Å². The van der Waals surface area contributed by atoms with E-state index in [1.54, 1.807) is 0 Å². The summed E-state index contributed by atoms with van der Waals surface area (Å²) >= 11 is 0. The molecule has 1 heteroatoms. The molecule has 0 unspecified atom stereocenters. The highest BCUT2D eigenvalue weighted by atomic mass is 14.8. The van der Waals surface area contributed by atoms with E-state index in [9.17, 15) is 0 Å². The zero-order chi connectivity index (χ0) is 6.91. The molecule has 1 aliphatic rings. The maximum absolute atomic E-state index is 6.10. The van der Waals surface area contributed by atoms with Gasteiger partial charge in [0.25, 0.3) is 0 Å². The van der Waals surface area contributed by atoms with Crippen LogP contribution in [-0.4, -0.2) is 5.54 Å². The quantitative estimate of drug-likeness (QED) is 0.572. The van der Waals surface area contributed by atoms with Crippen molar-refractivity contribution in [1.29, 1.82) is 0 Å². The fourth-order valence-corrected chi connectivity index (χ4v) is 1.61. The highest BCUT2D eigenvalue weighted by molar-refractivity contribution is 4.91. The molecule has 54 valence electrons. The van der Waals surface area contributed by atoms with Crippen molar-refractivity contribution in [3.63, 3.8) is 0 Å². The molecule has 0 aromatic carbocycles. The minimum absolute atomic E-state index is 0.194. The third kappa shape index (κ3) is 1.26. The largest absolute Gasteiger partial charge is 0.325 e. The van der Waals surface area contributed by atoms with Gasteiger partial charge in [0.2, 0.25) is 0 Å². The first-order valence-corrected chi connectivity index (χ1v) is 3.94. The fourth-order valence-electron chi connectivity index (χ4n) is 1.61. The lowest BCUT2D eigenvalue weighted by Crippen LogP contribution is -2.41. The summed E-state index contributed by atoms with van der Waals surface area (Å²) in [6, 6.07) is 0. The molecule has 1 aliphatic carbocycles. The topological polar surface area (TPSA) is 26.0 Å². The third-order valence-electron chi connectivity index (χ3n) is 2.68. The second-order valence-electron chi connectivity index (χ2n) is 3.59. The summed E-state index contributed by atoms with van der Waals surface area (Å²) in [5, 5.41) is 0. The van der Waals surface area contributed by atoms with Gasteiger partial charge in [0, 0.05) is 5.54 Å². The van der Waals surface area contributed by atoms with Crippen LogP contribution in [0.25, 0.3) is 0 Å². The van der Waals surface area contributed by atoms with E-state index < -0.39 is 0 Å². The summed E-state index contributed by atoms with van der Waals surface area (Å²) in [6.07, 6.45) is 5.17. The summed E-state index contributed by atoms with van der Waals surface area (Å²) in [5.41, 5.74) is 6.30. The Labute approximate surface area is 57.6 Å². The molecule has 1 saturated carbocycles. The summed E-state index contributed by atoms with van der Waals surface area (Å²) < 4.78 is 0. The molecular formula is C8H17N. The number of hydrogen-bond acceptors (Lipinski definition) is 1. The van der Waals surface area contributed by atoms with Gasteiger partial charge in [-0.25, -0.2) is 0 Å². The minimum atomic E-state index is 0.194. The van der Waals surface area contributed by atoms with Crippen LogP contribution in [-0.2, 0) is 0 Å². The molecule has 0 amide bonds. The zero-order valence-corrected chi connectivity index (χ0v) is 6.48. The molecule has 0 heterocycles. The van der Waals surface area contributed by atoms with E-state index in [1.807, 2.05) is 0 Å². The van der Waals surface area contributed by atoms with Gasteiger partial charge >= 0.3 is 0 Å². The number of rotatable bonds is 1. The van der Waals surface area contributed by atoms with Crippen LogP contribution in [0, 0.1) is 5.92 Å². The molecule has 0 spiro atoms. The Morgan fingerprint density at radius 1 is 1.22 bits per heavy atom. The van der Waals surface area contributed by atoms with Crippen LogP contribution in [0.2, 0.25) is 0 Å². The predicted molar refractivity (Wildman–Crippen MR) is 40.2 cm³/mol. The molecule has 1 fully saturated rings. The lowest BCUT2D eigenvalue weighted by molar-refractivity contribution is 0.318. The normalized spacial score (nSPS) is 25.3. The van der Waals surface area contributed by atoms with Gasteiger partial charge in [-0.15, -0.1) is 0 Å². The molecule has 0 aromatic rings. The molecule has 0 radical (unpaired) electrons. The summed E-state index contributed by atoms with van der Waals surface area (Å²) in [6.45, 7) is 4.46. The number of nitrogens with two attached hydrogens (primary N) is 1. The van der Waals surface area contributed by atoms with Crippen LogP contribution < -0.4 is 5.73 Å². The van der Waals surface area contributed by atoms with Crippen molar-refractivity contribution in [3.8, 4) is 0 Å². The second kappa shape index (κ2) is 2.30. The first kappa shape index (κ1) is 7.07. The van der Waals surface area contributed by atoms with Crippen molar-refractivity contribution < 1.29 is 0 Å². The maximum atomic E-state index is 6.10. The van der Waals surface area contributed by atoms with Crippen molar-refractivity contribution in [1.82, 2.24) is 0 Å². The van der Waals surface area contributed by atoms with Crippen LogP contribution in [0.1, 0.15) is 39.5 Å². The lowest BCUT2D eigenvalue weighted by Gasteiger charge is -2.27. The van der Waals surface area contributed by atoms with Gasteiger partial charge in [-0.05, 0) is 18.8 Å². The molecule has 1 nitrogen and oxygen atoms in total. The standard InChI is InChI=1S/C8H17N/c1-7(2)8(9)5-3-4-6-8/h7H,3-6,9H2,1-2H3. The lowest BCUT2D eigenvalue weighted by atomic mass is 9.86. The van der Waals surface area contributed by atoms with Crippen LogP contribution in [0.5, 0.6) is 0 Å². The summed E-state index contributed by atoms with van der Waals surface area (Å²) in [5.74, 6) is 0.667. The third-order valence-corrected chi connectivity index (χ3v) is 2.68. The fraction of sp³-hybridized carbons (Fsp3) is 1.00. The highest BCUT2D eigenvalue weighted by Gasteiger charge is 2.31. The first-order valence-electron chi connectivity index (χ1n) is 3.94. The molecule has 0 aromatic heterocycles. The van der Waals surface area contributed by atoms with Gasteiger partial charge in [0.1, 0.15) is 0 Å². The van der Waals surface area contributed by atoms with Gasteiger partial charge in [-0.1, -0.05) is 26.7 Å². The second-order valence-corrected chi connectivity index (χ2v) is 3.59. The Balaban J connectivity index is 2.51. The summed E-state index contributed by atoms with van der Waals surface area (Å²) in [7, 11) is 0.